The van der Waals surface area contributed by atoms with Gasteiger partial charge in [0.25, 0.3) is 11.7 Å². The number of nitrogens with zero attached hydrogens (tertiary/aromatic N) is 6. The second kappa shape index (κ2) is 12.0. The number of guanidine groups is 1. The van der Waals surface area contributed by atoms with Gasteiger partial charge in [-0.25, -0.2) is 25.8 Å². The third kappa shape index (κ3) is 5.62. The number of methoxy groups -OCH3 is 1. The number of carbonyl (C=O) groups is 2. The van der Waals surface area contributed by atoms with Gasteiger partial charge < -0.3 is 25.3 Å². The number of aromatic nitrogens is 2. The van der Waals surface area contributed by atoms with Crippen LogP contribution in [-0.2, 0) is 4.79 Å². The van der Waals surface area contributed by atoms with Crippen LogP contribution < -0.4 is 21.7 Å². The molecule has 6 N–H and O–H groups in total. The number of nitrogens with two attached hydrogens (primary N) is 2. The number of piperazine rings is 1. The summed E-state index contributed by atoms with van der Waals surface area (Å²) in [6.45, 7) is 3.44. The zero-order chi connectivity index (χ0) is 27.1. The standard InChI is InChI=1S/C25H30N10O3/c1-3-19(26)30-15-31-23-21-20(18(38-2)14-29-23)17(13-28-21)22(36)24(37)34-9-11-35(12-10-34)25(33-27)32-16-7-5-4-6-8-16/h4-8,13-15,28H,3,9-12,27H2,1-2H3,(H,32,33)(H2,26,29,30,31). The maximum Gasteiger partial charge on any atom is 0.295 e. The number of amides is 1. The van der Waals surface area contributed by atoms with Crippen LogP contribution in [0.1, 0.15) is 23.7 Å². The summed E-state index contributed by atoms with van der Waals surface area (Å²) < 4.78 is 5.42. The molecule has 1 aromatic carbocycles. The molecule has 38 heavy (non-hydrogen) atoms. The number of rotatable bonds is 7. The lowest BCUT2D eigenvalue weighted by atomic mass is 10.1. The summed E-state index contributed by atoms with van der Waals surface area (Å²) in [7, 11) is 1.47. The number of aromatic amines is 1. The van der Waals surface area contributed by atoms with Crippen LogP contribution in [0.3, 0.4) is 0 Å². The number of aliphatic imine (C=N–C) groups is 3. The molecule has 0 bridgehead atoms. The van der Waals surface area contributed by atoms with Crippen LogP contribution in [0.4, 0.5) is 11.5 Å². The van der Waals surface area contributed by atoms with Gasteiger partial charge in [-0.05, 0) is 12.1 Å². The van der Waals surface area contributed by atoms with Crippen LogP contribution in [-0.4, -0.2) is 82.9 Å². The van der Waals surface area contributed by atoms with Crippen molar-refractivity contribution in [1.29, 1.82) is 0 Å². The van der Waals surface area contributed by atoms with Crippen molar-refractivity contribution in [3.8, 4) is 5.75 Å². The summed E-state index contributed by atoms with van der Waals surface area (Å²) >= 11 is 0. The molecular formula is C25H30N10O3. The lowest BCUT2D eigenvalue weighted by molar-refractivity contribution is -0.127. The number of amidine groups is 1. The van der Waals surface area contributed by atoms with Crippen LogP contribution in [0.15, 0.2) is 57.7 Å². The summed E-state index contributed by atoms with van der Waals surface area (Å²) in [6.07, 6.45) is 4.80. The highest BCUT2D eigenvalue weighted by atomic mass is 16.5. The number of hydrogen-bond acceptors (Lipinski definition) is 7. The molecule has 3 heterocycles. The smallest absolute Gasteiger partial charge is 0.295 e. The van der Waals surface area contributed by atoms with Crippen molar-refractivity contribution in [2.45, 2.75) is 13.3 Å². The zero-order valence-electron chi connectivity index (χ0n) is 21.2. The van der Waals surface area contributed by atoms with E-state index in [4.69, 9.17) is 16.3 Å². The van der Waals surface area contributed by atoms with Crippen LogP contribution in [0.5, 0.6) is 5.75 Å². The van der Waals surface area contributed by atoms with Crippen LogP contribution >= 0.6 is 0 Å². The summed E-state index contributed by atoms with van der Waals surface area (Å²) in [4.78, 5) is 50.0. The fourth-order valence-corrected chi connectivity index (χ4v) is 3.98. The maximum atomic E-state index is 13.3. The molecule has 1 aliphatic heterocycles. The summed E-state index contributed by atoms with van der Waals surface area (Å²) in [5.74, 6) is 5.97. The molecular weight excluding hydrogens is 488 g/mol. The number of carbonyl (C=O) groups excluding carboxylic acids is 2. The molecule has 2 aromatic heterocycles. The topological polar surface area (TPSA) is 180 Å². The van der Waals surface area contributed by atoms with Crippen LogP contribution in [0.25, 0.3) is 10.9 Å². The van der Waals surface area contributed by atoms with Gasteiger partial charge in [0.1, 0.15) is 17.9 Å². The highest BCUT2D eigenvalue weighted by Gasteiger charge is 2.30. The van der Waals surface area contributed by atoms with Gasteiger partial charge in [0.15, 0.2) is 5.82 Å². The Morgan fingerprint density at radius 2 is 1.89 bits per heavy atom. The fraction of sp³-hybridized carbons (Fsp3) is 0.280. The second-order valence-corrected chi connectivity index (χ2v) is 8.34. The number of pyridine rings is 1. The molecule has 0 atom stereocenters. The number of para-hydroxylation sites is 1. The molecule has 4 rings (SSSR count). The van der Waals surface area contributed by atoms with E-state index in [0.717, 1.165) is 5.69 Å². The molecule has 13 heteroatoms. The molecule has 13 nitrogen and oxygen atoms in total. The molecule has 198 valence electrons. The molecule has 0 saturated carbocycles. The Bertz CT molecular complexity index is 1390. The van der Waals surface area contributed by atoms with Crippen molar-refractivity contribution >= 4 is 52.2 Å². The number of ether oxygens (including phenoxy) is 1. The van der Waals surface area contributed by atoms with Crippen molar-refractivity contribution in [2.75, 3.05) is 33.3 Å². The van der Waals surface area contributed by atoms with Crippen molar-refractivity contribution in [3.63, 3.8) is 0 Å². The fourth-order valence-electron chi connectivity index (χ4n) is 3.98. The third-order valence-corrected chi connectivity index (χ3v) is 6.07. The van der Waals surface area contributed by atoms with E-state index in [1.165, 1.54) is 30.7 Å². The van der Waals surface area contributed by atoms with Gasteiger partial charge in [0.2, 0.25) is 5.96 Å². The Morgan fingerprint density at radius 3 is 2.55 bits per heavy atom. The third-order valence-electron chi connectivity index (χ3n) is 6.07. The van der Waals surface area contributed by atoms with E-state index >= 15 is 0 Å². The number of H-pyrrole nitrogens is 1. The second-order valence-electron chi connectivity index (χ2n) is 8.34. The lowest BCUT2D eigenvalue weighted by Crippen LogP contribution is -2.55. The van der Waals surface area contributed by atoms with Crippen LogP contribution in [0, 0.1) is 0 Å². The van der Waals surface area contributed by atoms with Gasteiger partial charge in [0, 0.05) is 38.8 Å². The predicted octanol–water partition coefficient (Wildman–Crippen LogP) is 1.48. The minimum atomic E-state index is -0.660. The number of fused-ring (bicyclic) bond motifs is 1. The Kier molecular flexibility index (Phi) is 8.28. The molecule has 1 amide bonds. The van der Waals surface area contributed by atoms with E-state index < -0.39 is 11.7 Å². The van der Waals surface area contributed by atoms with E-state index in [2.05, 4.69) is 30.4 Å². The monoisotopic (exact) mass is 518 g/mol. The van der Waals surface area contributed by atoms with Gasteiger partial charge in [-0.15, -0.1) is 0 Å². The molecule has 0 spiro atoms. The number of benzene rings is 1. The van der Waals surface area contributed by atoms with Gasteiger partial charge in [0.05, 0.1) is 35.5 Å². The summed E-state index contributed by atoms with van der Waals surface area (Å²) in [5.41, 5.74) is 9.72. The van der Waals surface area contributed by atoms with E-state index in [9.17, 15) is 9.59 Å². The Labute approximate surface area is 219 Å². The van der Waals surface area contributed by atoms with Gasteiger partial charge in [-0.3, -0.25) is 15.0 Å². The van der Waals surface area contributed by atoms with E-state index in [1.54, 1.807) is 0 Å². The van der Waals surface area contributed by atoms with Crippen LogP contribution in [0.2, 0.25) is 0 Å². The van der Waals surface area contributed by atoms with Gasteiger partial charge in [-0.2, -0.15) is 0 Å². The molecule has 1 saturated heterocycles. The summed E-state index contributed by atoms with van der Waals surface area (Å²) in [6, 6.07) is 9.41. The highest BCUT2D eigenvalue weighted by molar-refractivity contribution is 6.45. The maximum absolute atomic E-state index is 13.3. The molecule has 1 fully saturated rings. The Morgan fingerprint density at radius 1 is 1.18 bits per heavy atom. The minimum absolute atomic E-state index is 0.176. The SMILES string of the molecule is CCC(N)=NC=Nc1ncc(OC)c2c(C(=O)C(=O)N3CCN(C(=Nc4ccccc4)NN)CC3)c[nH]c12. The van der Waals surface area contributed by atoms with Gasteiger partial charge in [-0.1, -0.05) is 25.1 Å². The number of hydrazine groups is 1. The van der Waals surface area contributed by atoms with Crippen molar-refractivity contribution in [1.82, 2.24) is 25.2 Å². The normalized spacial score (nSPS) is 14.8. The summed E-state index contributed by atoms with van der Waals surface area (Å²) in [5, 5.41) is 0.420. The van der Waals surface area contributed by atoms with Crippen molar-refractivity contribution in [2.24, 2.45) is 26.6 Å². The zero-order valence-corrected chi connectivity index (χ0v) is 21.2. The van der Waals surface area contributed by atoms with E-state index in [1.807, 2.05) is 42.2 Å². The number of ketones is 1. The molecule has 0 aliphatic carbocycles. The predicted molar refractivity (Wildman–Crippen MR) is 146 cm³/mol. The quantitative estimate of drug-likeness (QED) is 0.0906. The number of hydrogen-bond donors (Lipinski definition) is 4. The molecule has 3 aromatic rings. The van der Waals surface area contributed by atoms with Crippen molar-refractivity contribution in [3.05, 3.63) is 48.3 Å². The highest BCUT2D eigenvalue weighted by Crippen LogP contribution is 2.33. The average molecular weight is 519 g/mol. The van der Waals surface area contributed by atoms with Gasteiger partial charge >= 0.3 is 0 Å². The first kappa shape index (κ1) is 26.3. The molecule has 0 unspecified atom stereocenters. The first-order valence-electron chi connectivity index (χ1n) is 12.0. The van der Waals surface area contributed by atoms with E-state index in [-0.39, 0.29) is 11.4 Å². The first-order chi connectivity index (χ1) is 18.5. The average Bonchev–Trinajstić information content (AvgIpc) is 3.41. The lowest BCUT2D eigenvalue weighted by Gasteiger charge is -2.35. The number of Topliss-reactive ketones (excluding diaryl/α,β-unsaturated/α-hetero) is 1. The first-order valence-corrected chi connectivity index (χ1v) is 12.0. The Balaban J connectivity index is 1.51. The minimum Gasteiger partial charge on any atom is -0.494 e. The van der Waals surface area contributed by atoms with E-state index in [0.29, 0.717) is 61.0 Å². The Hall–Kier alpha value is -4.78. The molecule has 1 aliphatic rings. The number of nitrogens with one attached hydrogen (secondary N) is 2. The van der Waals surface area contributed by atoms with Crippen molar-refractivity contribution < 1.29 is 14.3 Å². The molecule has 0 radical (unpaired) electrons. The largest absolute Gasteiger partial charge is 0.494 e.